The Morgan fingerprint density at radius 2 is 1.95 bits per heavy atom. The summed E-state index contributed by atoms with van der Waals surface area (Å²) in [6, 6.07) is 4.69. The monoisotopic (exact) mass is 296 g/mol. The van der Waals surface area contributed by atoms with Crippen LogP contribution >= 0.6 is 0 Å². The predicted octanol–water partition coefficient (Wildman–Crippen LogP) is 3.47. The van der Waals surface area contributed by atoms with Gasteiger partial charge in [0.05, 0.1) is 23.7 Å². The second kappa shape index (κ2) is 8.46. The zero-order valence-corrected chi connectivity index (χ0v) is 13.1. The number of anilines is 1. The van der Waals surface area contributed by atoms with Gasteiger partial charge in [-0.2, -0.15) is 0 Å². The van der Waals surface area contributed by atoms with Crippen LogP contribution in [0.25, 0.3) is 0 Å². The molecule has 0 spiro atoms. The molecular formula is C15H24N2O4. The SMILES string of the molecule is CC(C)COCCNc1cc(OC(C)C)cc([N+](=O)[O-])c1. The highest BCUT2D eigenvalue weighted by molar-refractivity contribution is 5.56. The summed E-state index contributed by atoms with van der Waals surface area (Å²) in [7, 11) is 0. The van der Waals surface area contributed by atoms with E-state index < -0.39 is 4.92 Å². The van der Waals surface area contributed by atoms with Gasteiger partial charge in [0, 0.05) is 31.0 Å². The Morgan fingerprint density at radius 3 is 2.52 bits per heavy atom. The van der Waals surface area contributed by atoms with E-state index >= 15 is 0 Å². The van der Waals surface area contributed by atoms with Crippen molar-refractivity contribution in [2.24, 2.45) is 5.92 Å². The number of ether oxygens (including phenoxy) is 2. The molecule has 1 N–H and O–H groups in total. The van der Waals surface area contributed by atoms with Crippen molar-refractivity contribution in [3.63, 3.8) is 0 Å². The van der Waals surface area contributed by atoms with E-state index in [0.717, 1.165) is 0 Å². The molecule has 1 aromatic carbocycles. The summed E-state index contributed by atoms with van der Waals surface area (Å²) < 4.78 is 11.0. The number of nitro groups is 1. The van der Waals surface area contributed by atoms with Crippen LogP contribution in [0, 0.1) is 16.0 Å². The van der Waals surface area contributed by atoms with Gasteiger partial charge in [-0.15, -0.1) is 0 Å². The van der Waals surface area contributed by atoms with Crippen molar-refractivity contribution in [3.8, 4) is 5.75 Å². The van der Waals surface area contributed by atoms with Crippen molar-refractivity contribution in [1.29, 1.82) is 0 Å². The molecule has 0 aliphatic rings. The van der Waals surface area contributed by atoms with Gasteiger partial charge >= 0.3 is 0 Å². The molecule has 0 aromatic heterocycles. The van der Waals surface area contributed by atoms with Crippen LogP contribution in [-0.4, -0.2) is 30.8 Å². The van der Waals surface area contributed by atoms with Gasteiger partial charge in [-0.05, 0) is 19.8 Å². The summed E-state index contributed by atoms with van der Waals surface area (Å²) in [6.07, 6.45) is -0.0331. The number of nitro benzene ring substituents is 1. The van der Waals surface area contributed by atoms with Crippen molar-refractivity contribution >= 4 is 11.4 Å². The van der Waals surface area contributed by atoms with Crippen LogP contribution in [0.1, 0.15) is 27.7 Å². The van der Waals surface area contributed by atoms with Gasteiger partial charge in [0.15, 0.2) is 0 Å². The summed E-state index contributed by atoms with van der Waals surface area (Å²) in [6.45, 7) is 9.79. The minimum Gasteiger partial charge on any atom is -0.491 e. The fourth-order valence-electron chi connectivity index (χ4n) is 1.72. The van der Waals surface area contributed by atoms with E-state index in [4.69, 9.17) is 9.47 Å². The minimum absolute atomic E-state index is 0.0127. The second-order valence-electron chi connectivity index (χ2n) is 5.53. The molecule has 0 heterocycles. The second-order valence-corrected chi connectivity index (χ2v) is 5.53. The Bertz CT molecular complexity index is 461. The first-order chi connectivity index (χ1) is 9.88. The summed E-state index contributed by atoms with van der Waals surface area (Å²) in [4.78, 5) is 10.5. The fraction of sp³-hybridized carbons (Fsp3) is 0.600. The lowest BCUT2D eigenvalue weighted by molar-refractivity contribution is -0.384. The third-order valence-corrected chi connectivity index (χ3v) is 2.50. The zero-order chi connectivity index (χ0) is 15.8. The number of hydrogen-bond donors (Lipinski definition) is 1. The van der Waals surface area contributed by atoms with Crippen LogP contribution in [0.15, 0.2) is 18.2 Å². The molecule has 6 nitrogen and oxygen atoms in total. The van der Waals surface area contributed by atoms with Crippen LogP contribution in [0.3, 0.4) is 0 Å². The van der Waals surface area contributed by atoms with Crippen molar-refractivity contribution in [2.45, 2.75) is 33.8 Å². The van der Waals surface area contributed by atoms with Crippen molar-refractivity contribution in [3.05, 3.63) is 28.3 Å². The van der Waals surface area contributed by atoms with Crippen LogP contribution in [0.4, 0.5) is 11.4 Å². The molecule has 0 aliphatic carbocycles. The number of nitrogens with one attached hydrogen (secondary N) is 1. The summed E-state index contributed by atoms with van der Waals surface area (Å²) in [5.74, 6) is 0.985. The standard InChI is InChI=1S/C15H24N2O4/c1-11(2)10-20-6-5-16-13-7-14(17(18)19)9-15(8-13)21-12(3)4/h7-9,11-12,16H,5-6,10H2,1-4H3. The largest absolute Gasteiger partial charge is 0.491 e. The van der Waals surface area contributed by atoms with Crippen molar-refractivity contribution in [2.75, 3.05) is 25.1 Å². The number of non-ortho nitro benzene ring substituents is 1. The van der Waals surface area contributed by atoms with Gasteiger partial charge in [0.25, 0.3) is 5.69 Å². The summed E-state index contributed by atoms with van der Waals surface area (Å²) in [5.41, 5.74) is 0.673. The first kappa shape index (κ1) is 17.2. The van der Waals surface area contributed by atoms with Crippen LogP contribution in [0.5, 0.6) is 5.75 Å². The molecule has 0 bridgehead atoms. The Labute approximate surface area is 125 Å². The Balaban J connectivity index is 2.63. The molecule has 6 heteroatoms. The van der Waals surface area contributed by atoms with Crippen molar-refractivity contribution < 1.29 is 14.4 Å². The molecule has 0 saturated heterocycles. The number of hydrogen-bond acceptors (Lipinski definition) is 5. The van der Waals surface area contributed by atoms with Gasteiger partial charge in [0.1, 0.15) is 5.75 Å². The van der Waals surface area contributed by atoms with Crippen molar-refractivity contribution in [1.82, 2.24) is 0 Å². The first-order valence-electron chi connectivity index (χ1n) is 7.16. The van der Waals surface area contributed by atoms with E-state index in [-0.39, 0.29) is 11.8 Å². The lowest BCUT2D eigenvalue weighted by Gasteiger charge is -2.12. The third-order valence-electron chi connectivity index (χ3n) is 2.50. The van der Waals surface area contributed by atoms with E-state index in [1.54, 1.807) is 6.07 Å². The molecule has 0 amide bonds. The molecule has 1 rings (SSSR count). The Kier molecular flexibility index (Phi) is 6.94. The molecule has 1 aromatic rings. The zero-order valence-electron chi connectivity index (χ0n) is 13.1. The highest BCUT2D eigenvalue weighted by Crippen LogP contribution is 2.26. The lowest BCUT2D eigenvalue weighted by Crippen LogP contribution is -2.12. The van der Waals surface area contributed by atoms with Gasteiger partial charge in [-0.3, -0.25) is 10.1 Å². The molecule has 118 valence electrons. The maximum atomic E-state index is 10.9. The van der Waals surface area contributed by atoms with E-state index in [0.29, 0.717) is 37.1 Å². The smallest absolute Gasteiger partial charge is 0.275 e. The number of benzene rings is 1. The van der Waals surface area contributed by atoms with E-state index in [9.17, 15) is 10.1 Å². The molecule has 0 radical (unpaired) electrons. The number of rotatable bonds is 9. The maximum absolute atomic E-state index is 10.9. The highest BCUT2D eigenvalue weighted by Gasteiger charge is 2.11. The fourth-order valence-corrected chi connectivity index (χ4v) is 1.72. The molecule has 0 aliphatic heterocycles. The Morgan fingerprint density at radius 1 is 1.24 bits per heavy atom. The van der Waals surface area contributed by atoms with E-state index in [2.05, 4.69) is 19.2 Å². The van der Waals surface area contributed by atoms with Gasteiger partial charge in [0.2, 0.25) is 0 Å². The first-order valence-corrected chi connectivity index (χ1v) is 7.16. The third kappa shape index (κ3) is 6.94. The normalized spacial score (nSPS) is 11.0. The minimum atomic E-state index is -0.423. The van der Waals surface area contributed by atoms with Crippen LogP contribution in [0.2, 0.25) is 0 Å². The van der Waals surface area contributed by atoms with Gasteiger partial charge in [-0.25, -0.2) is 0 Å². The van der Waals surface area contributed by atoms with E-state index in [1.807, 2.05) is 13.8 Å². The number of nitrogens with zero attached hydrogens (tertiary/aromatic N) is 1. The molecule has 0 fully saturated rings. The quantitative estimate of drug-likeness (QED) is 0.429. The van der Waals surface area contributed by atoms with Gasteiger partial charge in [-0.1, -0.05) is 13.8 Å². The highest BCUT2D eigenvalue weighted by atomic mass is 16.6. The van der Waals surface area contributed by atoms with Gasteiger partial charge < -0.3 is 14.8 Å². The maximum Gasteiger partial charge on any atom is 0.275 e. The Hall–Kier alpha value is -1.82. The molecule has 0 saturated carbocycles. The predicted molar refractivity (Wildman–Crippen MR) is 83.0 cm³/mol. The molecule has 0 unspecified atom stereocenters. The van der Waals surface area contributed by atoms with Crippen LogP contribution in [-0.2, 0) is 4.74 Å². The summed E-state index contributed by atoms with van der Waals surface area (Å²) in [5, 5.41) is 14.1. The molecule has 0 atom stereocenters. The summed E-state index contributed by atoms with van der Waals surface area (Å²) >= 11 is 0. The average molecular weight is 296 g/mol. The molecule has 21 heavy (non-hydrogen) atoms. The van der Waals surface area contributed by atoms with E-state index in [1.165, 1.54) is 12.1 Å². The molecular weight excluding hydrogens is 272 g/mol. The average Bonchev–Trinajstić information content (AvgIpc) is 2.36. The lowest BCUT2D eigenvalue weighted by atomic mass is 10.2. The topological polar surface area (TPSA) is 73.6 Å². The van der Waals surface area contributed by atoms with Crippen LogP contribution < -0.4 is 10.1 Å².